The topological polar surface area (TPSA) is 76.3 Å². The molecule has 20 heavy (non-hydrogen) atoms. The number of anilines is 2. The lowest BCUT2D eigenvalue weighted by molar-refractivity contribution is 0.250. The van der Waals surface area contributed by atoms with Gasteiger partial charge in [0, 0.05) is 20.1 Å². The van der Waals surface area contributed by atoms with Crippen molar-refractivity contribution in [3.8, 4) is 6.01 Å². The summed E-state index contributed by atoms with van der Waals surface area (Å²) in [4.78, 5) is 15.1. The monoisotopic (exact) mass is 275 g/mol. The second kappa shape index (κ2) is 5.77. The number of hydrogen-bond acceptors (Lipinski definition) is 7. The van der Waals surface area contributed by atoms with Gasteiger partial charge in [-0.3, -0.25) is 0 Å². The summed E-state index contributed by atoms with van der Waals surface area (Å²) in [6, 6.07) is 3.98. The van der Waals surface area contributed by atoms with E-state index in [0.717, 1.165) is 18.8 Å². The molecule has 7 nitrogen and oxygen atoms in total. The molecule has 0 bridgehead atoms. The van der Waals surface area contributed by atoms with Crippen LogP contribution in [0.3, 0.4) is 0 Å². The molecule has 1 fully saturated rings. The number of rotatable bonds is 5. The van der Waals surface area contributed by atoms with Gasteiger partial charge in [-0.25, -0.2) is 0 Å². The van der Waals surface area contributed by atoms with Crippen molar-refractivity contribution in [1.29, 1.82) is 0 Å². The first-order valence-corrected chi connectivity index (χ1v) is 6.69. The summed E-state index contributed by atoms with van der Waals surface area (Å²) >= 11 is 0. The summed E-state index contributed by atoms with van der Waals surface area (Å²) in [5.74, 6) is 1.91. The van der Waals surface area contributed by atoms with Crippen molar-refractivity contribution >= 4 is 11.9 Å². The van der Waals surface area contributed by atoms with E-state index in [1.165, 1.54) is 12.8 Å². The first-order chi connectivity index (χ1) is 9.85. The normalized spacial score (nSPS) is 14.6. The molecule has 0 atom stereocenters. The summed E-state index contributed by atoms with van der Waals surface area (Å²) in [7, 11) is 1.78. The van der Waals surface area contributed by atoms with Gasteiger partial charge in [-0.2, -0.15) is 15.0 Å². The third kappa shape index (κ3) is 2.81. The van der Waals surface area contributed by atoms with Gasteiger partial charge in [-0.05, 0) is 25.0 Å². The van der Waals surface area contributed by atoms with Gasteiger partial charge in [0.25, 0.3) is 0 Å². The molecule has 0 amide bonds. The maximum absolute atomic E-state index is 5.57. The Morgan fingerprint density at radius 2 is 2.15 bits per heavy atom. The standard InChI is InChI=1S/C13H17N5O2/c1-14-11-15-12(18-6-2-3-7-18)17-13(16-11)20-9-10-5-4-8-19-10/h4-5,8H,2-3,6-7,9H2,1H3,(H,14,15,16,17). The van der Waals surface area contributed by atoms with Crippen molar-refractivity contribution in [3.05, 3.63) is 24.2 Å². The zero-order valence-electron chi connectivity index (χ0n) is 11.4. The van der Waals surface area contributed by atoms with Gasteiger partial charge < -0.3 is 19.4 Å². The van der Waals surface area contributed by atoms with Gasteiger partial charge in [0.2, 0.25) is 11.9 Å². The third-order valence-corrected chi connectivity index (χ3v) is 3.14. The molecular formula is C13H17N5O2. The van der Waals surface area contributed by atoms with Crippen LogP contribution in [0, 0.1) is 0 Å². The molecule has 0 saturated carbocycles. The van der Waals surface area contributed by atoms with E-state index in [1.807, 2.05) is 12.1 Å². The minimum absolute atomic E-state index is 0.305. The van der Waals surface area contributed by atoms with Crippen LogP contribution in [-0.2, 0) is 6.61 Å². The number of nitrogens with zero attached hydrogens (tertiary/aromatic N) is 4. The second-order valence-electron chi connectivity index (χ2n) is 4.55. The van der Waals surface area contributed by atoms with E-state index < -0.39 is 0 Å². The van der Waals surface area contributed by atoms with E-state index in [9.17, 15) is 0 Å². The van der Waals surface area contributed by atoms with E-state index in [4.69, 9.17) is 9.15 Å². The SMILES string of the molecule is CNc1nc(OCc2ccco2)nc(N2CCCC2)n1. The van der Waals surface area contributed by atoms with E-state index in [0.29, 0.717) is 24.5 Å². The lowest BCUT2D eigenvalue weighted by Crippen LogP contribution is -2.21. The van der Waals surface area contributed by atoms with Crippen LogP contribution in [0.2, 0.25) is 0 Å². The number of ether oxygens (including phenoxy) is 1. The Labute approximate surface area is 117 Å². The summed E-state index contributed by atoms with van der Waals surface area (Å²) < 4.78 is 10.8. The number of furan rings is 1. The molecule has 7 heteroatoms. The molecule has 1 saturated heterocycles. The maximum atomic E-state index is 5.57. The molecular weight excluding hydrogens is 258 g/mol. The van der Waals surface area contributed by atoms with Crippen molar-refractivity contribution in [2.24, 2.45) is 0 Å². The zero-order chi connectivity index (χ0) is 13.8. The molecule has 0 aliphatic carbocycles. The molecule has 2 aromatic rings. The molecule has 1 aliphatic heterocycles. The van der Waals surface area contributed by atoms with E-state index in [1.54, 1.807) is 13.3 Å². The largest absolute Gasteiger partial charge is 0.466 e. The molecule has 0 spiro atoms. The molecule has 1 aliphatic rings. The van der Waals surface area contributed by atoms with Gasteiger partial charge >= 0.3 is 6.01 Å². The predicted molar refractivity (Wildman–Crippen MR) is 73.9 cm³/mol. The second-order valence-corrected chi connectivity index (χ2v) is 4.55. The Morgan fingerprint density at radius 1 is 1.30 bits per heavy atom. The van der Waals surface area contributed by atoms with Crippen LogP contribution in [0.1, 0.15) is 18.6 Å². The highest BCUT2D eigenvalue weighted by Crippen LogP contribution is 2.19. The van der Waals surface area contributed by atoms with Crippen molar-refractivity contribution in [1.82, 2.24) is 15.0 Å². The molecule has 0 aromatic carbocycles. The lowest BCUT2D eigenvalue weighted by atomic mass is 10.4. The van der Waals surface area contributed by atoms with E-state index >= 15 is 0 Å². The minimum Gasteiger partial charge on any atom is -0.466 e. The van der Waals surface area contributed by atoms with Crippen LogP contribution in [-0.4, -0.2) is 35.1 Å². The highest BCUT2D eigenvalue weighted by atomic mass is 16.5. The van der Waals surface area contributed by atoms with Crippen molar-refractivity contribution in [3.63, 3.8) is 0 Å². The smallest absolute Gasteiger partial charge is 0.323 e. The van der Waals surface area contributed by atoms with Crippen molar-refractivity contribution in [2.45, 2.75) is 19.4 Å². The number of aromatic nitrogens is 3. The van der Waals surface area contributed by atoms with Crippen molar-refractivity contribution in [2.75, 3.05) is 30.4 Å². The Bertz CT molecular complexity index is 552. The van der Waals surface area contributed by atoms with Gasteiger partial charge in [0.1, 0.15) is 12.4 Å². The third-order valence-electron chi connectivity index (χ3n) is 3.14. The molecule has 3 rings (SSSR count). The Morgan fingerprint density at radius 3 is 2.85 bits per heavy atom. The van der Waals surface area contributed by atoms with Gasteiger partial charge in [0.05, 0.1) is 6.26 Å². The van der Waals surface area contributed by atoms with Gasteiger partial charge in [-0.15, -0.1) is 0 Å². The van der Waals surface area contributed by atoms with Crippen LogP contribution >= 0.6 is 0 Å². The molecule has 0 unspecified atom stereocenters. The highest BCUT2D eigenvalue weighted by Gasteiger charge is 2.17. The average Bonchev–Trinajstić information content (AvgIpc) is 3.17. The summed E-state index contributed by atoms with van der Waals surface area (Å²) in [5.41, 5.74) is 0. The number of nitrogens with one attached hydrogen (secondary N) is 1. The Kier molecular flexibility index (Phi) is 3.67. The summed E-state index contributed by atoms with van der Waals surface area (Å²) in [6.45, 7) is 2.26. The zero-order valence-corrected chi connectivity index (χ0v) is 11.4. The van der Waals surface area contributed by atoms with Crippen LogP contribution in [0.4, 0.5) is 11.9 Å². The average molecular weight is 275 g/mol. The van der Waals surface area contributed by atoms with Gasteiger partial charge in [-0.1, -0.05) is 0 Å². The minimum atomic E-state index is 0.305. The molecule has 106 valence electrons. The van der Waals surface area contributed by atoms with E-state index in [2.05, 4.69) is 25.2 Å². The Balaban J connectivity index is 1.76. The van der Waals surface area contributed by atoms with Crippen LogP contribution in [0.25, 0.3) is 0 Å². The molecule has 1 N–H and O–H groups in total. The maximum Gasteiger partial charge on any atom is 0.323 e. The molecule has 3 heterocycles. The summed E-state index contributed by atoms with van der Waals surface area (Å²) in [5, 5.41) is 2.93. The predicted octanol–water partition coefficient (Wildman–Crippen LogP) is 1.69. The van der Waals surface area contributed by atoms with Crippen LogP contribution < -0.4 is 15.0 Å². The van der Waals surface area contributed by atoms with E-state index in [-0.39, 0.29) is 0 Å². The highest BCUT2D eigenvalue weighted by molar-refractivity contribution is 5.38. The fourth-order valence-electron chi connectivity index (χ4n) is 2.11. The quantitative estimate of drug-likeness (QED) is 0.889. The fourth-order valence-corrected chi connectivity index (χ4v) is 2.11. The molecule has 0 radical (unpaired) electrons. The Hall–Kier alpha value is -2.31. The van der Waals surface area contributed by atoms with Crippen molar-refractivity contribution < 1.29 is 9.15 Å². The fraction of sp³-hybridized carbons (Fsp3) is 0.462. The molecule has 2 aromatic heterocycles. The first kappa shape index (κ1) is 12.7. The van der Waals surface area contributed by atoms with Crippen LogP contribution in [0.5, 0.6) is 6.01 Å². The van der Waals surface area contributed by atoms with Gasteiger partial charge in [0.15, 0.2) is 0 Å². The number of hydrogen-bond donors (Lipinski definition) is 1. The summed E-state index contributed by atoms with van der Waals surface area (Å²) in [6.07, 6.45) is 3.95. The van der Waals surface area contributed by atoms with Crippen LogP contribution in [0.15, 0.2) is 22.8 Å². The first-order valence-electron chi connectivity index (χ1n) is 6.69. The lowest BCUT2D eigenvalue weighted by Gasteiger charge is -2.16.